The van der Waals surface area contributed by atoms with Crippen molar-refractivity contribution in [2.24, 2.45) is 5.10 Å². The van der Waals surface area contributed by atoms with E-state index in [-0.39, 0.29) is 16.5 Å². The van der Waals surface area contributed by atoms with Gasteiger partial charge in [-0.05, 0) is 55.5 Å². The molecule has 0 aromatic heterocycles. The molecule has 0 fully saturated rings. The normalized spacial score (nSPS) is 11.2. The van der Waals surface area contributed by atoms with E-state index in [1.54, 1.807) is 6.92 Å². The van der Waals surface area contributed by atoms with Crippen LogP contribution in [0.2, 0.25) is 0 Å². The highest BCUT2D eigenvalue weighted by Crippen LogP contribution is 2.11. The summed E-state index contributed by atoms with van der Waals surface area (Å²) < 4.78 is 39.2. The molecular formula is C15H12F3N3S. The Labute approximate surface area is 130 Å². The molecular weight excluding hydrogens is 311 g/mol. The molecule has 0 saturated heterocycles. The predicted molar refractivity (Wildman–Crippen MR) is 84.3 cm³/mol. The van der Waals surface area contributed by atoms with Crippen LogP contribution >= 0.6 is 12.2 Å². The van der Waals surface area contributed by atoms with Gasteiger partial charge in [0, 0.05) is 17.3 Å². The minimum Gasteiger partial charge on any atom is -0.331 e. The number of hydrogen-bond acceptors (Lipinski definition) is 2. The molecule has 7 heteroatoms. The lowest BCUT2D eigenvalue weighted by Gasteiger charge is -2.08. The van der Waals surface area contributed by atoms with Crippen molar-refractivity contribution in [3.05, 3.63) is 65.5 Å². The molecule has 0 saturated carbocycles. The maximum Gasteiger partial charge on any atom is 0.191 e. The molecule has 22 heavy (non-hydrogen) atoms. The van der Waals surface area contributed by atoms with Crippen molar-refractivity contribution in [3.63, 3.8) is 0 Å². The molecule has 0 radical (unpaired) electrons. The highest BCUT2D eigenvalue weighted by molar-refractivity contribution is 7.80. The first kappa shape index (κ1) is 16.0. The number of hydrogen-bond donors (Lipinski definition) is 2. The Morgan fingerprint density at radius 1 is 1.00 bits per heavy atom. The van der Waals surface area contributed by atoms with Crippen LogP contribution in [0.5, 0.6) is 0 Å². The van der Waals surface area contributed by atoms with Crippen molar-refractivity contribution >= 4 is 28.7 Å². The minimum absolute atomic E-state index is 0.161. The van der Waals surface area contributed by atoms with E-state index in [1.807, 2.05) is 0 Å². The van der Waals surface area contributed by atoms with E-state index < -0.39 is 11.6 Å². The average molecular weight is 323 g/mol. The number of anilines is 1. The van der Waals surface area contributed by atoms with Crippen LogP contribution in [0.4, 0.5) is 18.9 Å². The summed E-state index contributed by atoms with van der Waals surface area (Å²) in [5.41, 5.74) is 3.59. The van der Waals surface area contributed by atoms with Crippen molar-refractivity contribution < 1.29 is 13.2 Å². The van der Waals surface area contributed by atoms with Crippen molar-refractivity contribution in [1.29, 1.82) is 0 Å². The first-order valence-electron chi connectivity index (χ1n) is 6.28. The zero-order valence-corrected chi connectivity index (χ0v) is 12.3. The Morgan fingerprint density at radius 2 is 1.64 bits per heavy atom. The Kier molecular flexibility index (Phi) is 5.11. The molecule has 2 aromatic rings. The molecule has 2 rings (SSSR count). The summed E-state index contributed by atoms with van der Waals surface area (Å²) in [4.78, 5) is 0. The topological polar surface area (TPSA) is 36.4 Å². The number of benzene rings is 2. The second kappa shape index (κ2) is 7.04. The quantitative estimate of drug-likeness (QED) is 0.512. The highest BCUT2D eigenvalue weighted by atomic mass is 32.1. The molecule has 0 bridgehead atoms. The molecule has 0 heterocycles. The van der Waals surface area contributed by atoms with Gasteiger partial charge in [0.05, 0.1) is 5.71 Å². The number of nitrogens with one attached hydrogen (secondary N) is 2. The molecule has 3 nitrogen and oxygen atoms in total. The largest absolute Gasteiger partial charge is 0.331 e. The van der Waals surface area contributed by atoms with Gasteiger partial charge < -0.3 is 5.32 Å². The van der Waals surface area contributed by atoms with Crippen molar-refractivity contribution in [1.82, 2.24) is 5.43 Å². The Bertz CT molecular complexity index is 714. The van der Waals surface area contributed by atoms with Crippen LogP contribution in [0, 0.1) is 17.5 Å². The highest BCUT2D eigenvalue weighted by Gasteiger charge is 2.07. The molecule has 0 aliphatic carbocycles. The first-order chi connectivity index (χ1) is 10.5. The number of hydrazone groups is 1. The second-order valence-corrected chi connectivity index (χ2v) is 4.80. The van der Waals surface area contributed by atoms with Crippen LogP contribution in [0.25, 0.3) is 0 Å². The maximum atomic E-state index is 13.6. The average Bonchev–Trinajstić information content (AvgIpc) is 2.47. The molecule has 0 amide bonds. The van der Waals surface area contributed by atoms with E-state index in [1.165, 1.54) is 30.3 Å². The van der Waals surface area contributed by atoms with Crippen molar-refractivity contribution in [2.45, 2.75) is 6.92 Å². The van der Waals surface area contributed by atoms with E-state index in [0.29, 0.717) is 11.4 Å². The molecule has 0 atom stereocenters. The van der Waals surface area contributed by atoms with Gasteiger partial charge in [-0.1, -0.05) is 0 Å². The van der Waals surface area contributed by atoms with Crippen LogP contribution in [-0.2, 0) is 0 Å². The van der Waals surface area contributed by atoms with Gasteiger partial charge in [0.15, 0.2) is 5.11 Å². The lowest BCUT2D eigenvalue weighted by atomic mass is 10.1. The lowest BCUT2D eigenvalue weighted by molar-refractivity contribution is 0.581. The molecule has 0 spiro atoms. The summed E-state index contributed by atoms with van der Waals surface area (Å²) in [6.07, 6.45) is 0. The van der Waals surface area contributed by atoms with Gasteiger partial charge >= 0.3 is 0 Å². The zero-order chi connectivity index (χ0) is 16.1. The van der Waals surface area contributed by atoms with Gasteiger partial charge in [0.25, 0.3) is 0 Å². The third kappa shape index (κ3) is 4.29. The fourth-order valence-electron chi connectivity index (χ4n) is 1.67. The fourth-order valence-corrected chi connectivity index (χ4v) is 1.83. The van der Waals surface area contributed by atoms with Gasteiger partial charge in [0.2, 0.25) is 0 Å². The third-order valence-electron chi connectivity index (χ3n) is 2.75. The fraction of sp³-hybridized carbons (Fsp3) is 0.0667. The van der Waals surface area contributed by atoms with E-state index in [2.05, 4.69) is 15.8 Å². The SMILES string of the molecule is C/C(=N/NC(=S)Nc1ccc(F)cc1)c1ccc(F)cc1F. The summed E-state index contributed by atoms with van der Waals surface area (Å²) in [7, 11) is 0. The summed E-state index contributed by atoms with van der Waals surface area (Å²) in [5, 5.41) is 6.88. The van der Waals surface area contributed by atoms with Gasteiger partial charge in [-0.15, -0.1) is 0 Å². The Morgan fingerprint density at radius 3 is 2.27 bits per heavy atom. The monoisotopic (exact) mass is 323 g/mol. The van der Waals surface area contributed by atoms with Crippen LogP contribution in [0.1, 0.15) is 12.5 Å². The Hall–Kier alpha value is -2.41. The number of halogens is 3. The number of nitrogens with zero attached hydrogens (tertiary/aromatic N) is 1. The molecule has 0 unspecified atom stereocenters. The van der Waals surface area contributed by atoms with E-state index in [4.69, 9.17) is 12.2 Å². The lowest BCUT2D eigenvalue weighted by Crippen LogP contribution is -2.25. The van der Waals surface area contributed by atoms with E-state index >= 15 is 0 Å². The minimum atomic E-state index is -0.708. The summed E-state index contributed by atoms with van der Waals surface area (Å²) in [6.45, 7) is 1.56. The molecule has 0 aliphatic heterocycles. The molecule has 2 N–H and O–H groups in total. The summed E-state index contributed by atoms with van der Waals surface area (Å²) >= 11 is 5.01. The van der Waals surface area contributed by atoms with Crippen LogP contribution in [0.3, 0.4) is 0 Å². The third-order valence-corrected chi connectivity index (χ3v) is 2.94. The van der Waals surface area contributed by atoms with E-state index in [9.17, 15) is 13.2 Å². The molecule has 2 aromatic carbocycles. The first-order valence-corrected chi connectivity index (χ1v) is 6.69. The maximum absolute atomic E-state index is 13.6. The molecule has 114 valence electrons. The molecule has 0 aliphatic rings. The zero-order valence-electron chi connectivity index (χ0n) is 11.5. The van der Waals surface area contributed by atoms with Crippen LogP contribution in [0.15, 0.2) is 47.6 Å². The standard InChI is InChI=1S/C15H12F3N3S/c1-9(13-7-4-11(17)8-14(13)18)20-21-15(22)19-12-5-2-10(16)3-6-12/h2-8H,1H3,(H2,19,21,22)/b20-9-. The van der Waals surface area contributed by atoms with Gasteiger partial charge in [-0.2, -0.15) is 5.10 Å². The van der Waals surface area contributed by atoms with Crippen molar-refractivity contribution in [2.75, 3.05) is 5.32 Å². The van der Waals surface area contributed by atoms with Gasteiger partial charge in [0.1, 0.15) is 17.5 Å². The van der Waals surface area contributed by atoms with Crippen LogP contribution in [-0.4, -0.2) is 10.8 Å². The van der Waals surface area contributed by atoms with Gasteiger partial charge in [-0.25, -0.2) is 13.2 Å². The van der Waals surface area contributed by atoms with Crippen LogP contribution < -0.4 is 10.7 Å². The smallest absolute Gasteiger partial charge is 0.191 e. The predicted octanol–water partition coefficient (Wildman–Crippen LogP) is 3.81. The Balaban J connectivity index is 2.00. The summed E-state index contributed by atoms with van der Waals surface area (Å²) in [5.74, 6) is -1.72. The number of rotatable bonds is 3. The summed E-state index contributed by atoms with van der Waals surface area (Å²) in [6, 6.07) is 8.82. The number of thiocarbonyl (C=S) groups is 1. The van der Waals surface area contributed by atoms with E-state index in [0.717, 1.165) is 12.1 Å². The second-order valence-electron chi connectivity index (χ2n) is 4.39. The van der Waals surface area contributed by atoms with Gasteiger partial charge in [-0.3, -0.25) is 5.43 Å². The van der Waals surface area contributed by atoms with Crippen molar-refractivity contribution in [3.8, 4) is 0 Å².